The predicted octanol–water partition coefficient (Wildman–Crippen LogP) is 5.52. The molecule has 0 spiro atoms. The van der Waals surface area contributed by atoms with Crippen molar-refractivity contribution >= 4 is 39.8 Å². The van der Waals surface area contributed by atoms with Crippen LogP contribution in [0.25, 0.3) is 22.0 Å². The molecule has 0 amide bonds. The number of hydrogen-bond acceptors (Lipinski definition) is 7. The Balaban J connectivity index is 1.81. The van der Waals surface area contributed by atoms with E-state index in [1.54, 1.807) is 38.6 Å². The molecule has 1 heterocycles. The van der Waals surface area contributed by atoms with Gasteiger partial charge in [0.05, 0.1) is 50.0 Å². The minimum absolute atomic E-state index is 0.422. The van der Waals surface area contributed by atoms with Crippen LogP contribution in [0.5, 0.6) is 11.5 Å². The summed E-state index contributed by atoms with van der Waals surface area (Å²) in [5.41, 5.74) is 4.22. The van der Waals surface area contributed by atoms with E-state index in [9.17, 15) is 4.79 Å². The van der Waals surface area contributed by atoms with E-state index in [1.807, 2.05) is 48.3 Å². The first-order valence-electron chi connectivity index (χ1n) is 10.1. The number of ether oxygens (including phenoxy) is 3. The van der Waals surface area contributed by atoms with Crippen molar-refractivity contribution in [2.45, 2.75) is 0 Å². The van der Waals surface area contributed by atoms with E-state index in [2.05, 4.69) is 10.2 Å². The van der Waals surface area contributed by atoms with E-state index in [-0.39, 0.29) is 0 Å². The van der Waals surface area contributed by atoms with Crippen LogP contribution >= 0.6 is 11.6 Å². The Morgan fingerprint density at radius 2 is 1.76 bits per heavy atom. The molecule has 0 fully saturated rings. The molecule has 0 aliphatic heterocycles. The number of esters is 1. The summed E-state index contributed by atoms with van der Waals surface area (Å²) in [7, 11) is 6.51. The highest BCUT2D eigenvalue weighted by Crippen LogP contribution is 2.38. The minimum Gasteiger partial charge on any atom is -0.497 e. The third kappa shape index (κ3) is 4.27. The van der Waals surface area contributed by atoms with Gasteiger partial charge >= 0.3 is 5.97 Å². The first kappa shape index (κ1) is 22.4. The van der Waals surface area contributed by atoms with Gasteiger partial charge in [0.1, 0.15) is 11.5 Å². The average molecular weight is 464 g/mol. The number of aromatic nitrogens is 2. The van der Waals surface area contributed by atoms with Crippen molar-refractivity contribution in [3.05, 3.63) is 71.4 Å². The zero-order valence-corrected chi connectivity index (χ0v) is 19.4. The zero-order valence-electron chi connectivity index (χ0n) is 18.6. The number of anilines is 2. The van der Waals surface area contributed by atoms with Gasteiger partial charge < -0.3 is 19.1 Å². The summed E-state index contributed by atoms with van der Waals surface area (Å²) in [5.74, 6) is 0.933. The Bertz CT molecular complexity index is 1340. The average Bonchev–Trinajstić information content (AvgIpc) is 2.86. The fourth-order valence-electron chi connectivity index (χ4n) is 3.72. The molecule has 4 rings (SSSR count). The lowest BCUT2D eigenvalue weighted by molar-refractivity contribution is 0.0601. The van der Waals surface area contributed by atoms with Crippen LogP contribution in [0.1, 0.15) is 10.4 Å². The summed E-state index contributed by atoms with van der Waals surface area (Å²) >= 11 is 6.21. The number of nitrogens with zero attached hydrogens (tertiary/aromatic N) is 3. The zero-order chi connectivity index (χ0) is 23.5. The van der Waals surface area contributed by atoms with Crippen molar-refractivity contribution in [3.63, 3.8) is 0 Å². The van der Waals surface area contributed by atoms with Gasteiger partial charge in [0.25, 0.3) is 0 Å². The third-order valence-electron chi connectivity index (χ3n) is 5.43. The Morgan fingerprint density at radius 1 is 0.939 bits per heavy atom. The van der Waals surface area contributed by atoms with Crippen LogP contribution in [-0.2, 0) is 4.74 Å². The fraction of sp³-hybridized carbons (Fsp3) is 0.160. The number of methoxy groups -OCH3 is 3. The lowest BCUT2D eigenvalue weighted by Gasteiger charge is -2.23. The topological polar surface area (TPSA) is 73.8 Å². The van der Waals surface area contributed by atoms with E-state index in [4.69, 9.17) is 25.8 Å². The van der Waals surface area contributed by atoms with Crippen molar-refractivity contribution in [2.24, 2.45) is 0 Å². The summed E-state index contributed by atoms with van der Waals surface area (Å²) in [4.78, 5) is 14.2. The van der Waals surface area contributed by atoms with E-state index in [1.165, 1.54) is 7.11 Å². The van der Waals surface area contributed by atoms with Crippen LogP contribution in [0.15, 0.2) is 60.8 Å². The van der Waals surface area contributed by atoms with Crippen LogP contribution in [-0.4, -0.2) is 44.5 Å². The normalized spacial score (nSPS) is 10.7. The monoisotopic (exact) mass is 463 g/mol. The molecule has 0 aliphatic carbocycles. The van der Waals surface area contributed by atoms with Gasteiger partial charge in [0.15, 0.2) is 0 Å². The molecule has 0 atom stereocenters. The molecule has 0 bridgehead atoms. The van der Waals surface area contributed by atoms with Crippen LogP contribution in [0, 0.1) is 0 Å². The largest absolute Gasteiger partial charge is 0.497 e. The highest BCUT2D eigenvalue weighted by molar-refractivity contribution is 6.31. The number of rotatable bonds is 6. The lowest BCUT2D eigenvalue weighted by atomic mass is 9.98. The van der Waals surface area contributed by atoms with Crippen molar-refractivity contribution in [1.29, 1.82) is 0 Å². The van der Waals surface area contributed by atoms with Gasteiger partial charge in [0, 0.05) is 23.5 Å². The molecule has 168 valence electrons. The number of carbonyl (C=O) groups is 1. The molecular formula is C25H22ClN3O4. The molecule has 0 saturated carbocycles. The summed E-state index contributed by atoms with van der Waals surface area (Å²) in [6.45, 7) is 0. The Kier molecular flexibility index (Phi) is 6.33. The number of halogens is 1. The number of carbonyl (C=O) groups excluding carboxylic acids is 1. The molecule has 4 aromatic rings. The van der Waals surface area contributed by atoms with Crippen LogP contribution in [0.2, 0.25) is 5.02 Å². The highest BCUT2D eigenvalue weighted by Gasteiger charge is 2.17. The molecular weight excluding hydrogens is 442 g/mol. The maximum Gasteiger partial charge on any atom is 0.338 e. The van der Waals surface area contributed by atoms with Gasteiger partial charge in [-0.1, -0.05) is 17.7 Å². The molecule has 0 N–H and O–H groups in total. The second-order valence-electron chi connectivity index (χ2n) is 7.24. The maximum absolute atomic E-state index is 12.3. The minimum atomic E-state index is -0.437. The second-order valence-corrected chi connectivity index (χ2v) is 7.68. The number of benzene rings is 3. The van der Waals surface area contributed by atoms with Crippen molar-refractivity contribution in [1.82, 2.24) is 10.2 Å². The van der Waals surface area contributed by atoms with Gasteiger partial charge in [-0.15, -0.1) is 0 Å². The quantitative estimate of drug-likeness (QED) is 0.348. The highest BCUT2D eigenvalue weighted by atomic mass is 35.5. The number of fused-ring (bicyclic) bond motifs is 1. The maximum atomic E-state index is 12.3. The van der Waals surface area contributed by atoms with E-state index in [0.29, 0.717) is 33.2 Å². The van der Waals surface area contributed by atoms with Crippen LogP contribution < -0.4 is 14.4 Å². The standard InChI is InChI=1S/C25H22ClN3O4/c1-29(22-10-7-17(31-2)13-24(22)32-3)23-14-27-28-21-11-15(5-8-19(21)23)20-12-16(26)6-9-18(20)25(30)33-4/h5-14H,1-4H3. The summed E-state index contributed by atoms with van der Waals surface area (Å²) in [5, 5.41) is 9.92. The Morgan fingerprint density at radius 3 is 2.48 bits per heavy atom. The van der Waals surface area contributed by atoms with Gasteiger partial charge in [-0.25, -0.2) is 4.79 Å². The van der Waals surface area contributed by atoms with Crippen molar-refractivity contribution in [2.75, 3.05) is 33.3 Å². The Hall–Kier alpha value is -3.84. The summed E-state index contributed by atoms with van der Waals surface area (Å²) < 4.78 is 15.8. The molecule has 1 aromatic heterocycles. The molecule has 8 heteroatoms. The first-order chi connectivity index (χ1) is 16.0. The Labute approximate surface area is 196 Å². The molecule has 0 saturated heterocycles. The smallest absolute Gasteiger partial charge is 0.338 e. The van der Waals surface area contributed by atoms with Gasteiger partial charge in [-0.3, -0.25) is 0 Å². The summed E-state index contributed by atoms with van der Waals surface area (Å²) in [6, 6.07) is 16.4. The lowest BCUT2D eigenvalue weighted by Crippen LogP contribution is -2.12. The fourth-order valence-corrected chi connectivity index (χ4v) is 3.89. The van der Waals surface area contributed by atoms with Crippen LogP contribution in [0.4, 0.5) is 11.4 Å². The molecule has 3 aromatic carbocycles. The predicted molar refractivity (Wildman–Crippen MR) is 129 cm³/mol. The SMILES string of the molecule is COC(=O)c1ccc(Cl)cc1-c1ccc2c(N(C)c3ccc(OC)cc3OC)cnnc2c1. The molecule has 0 radical (unpaired) electrons. The van der Waals surface area contributed by atoms with E-state index in [0.717, 1.165) is 22.3 Å². The van der Waals surface area contributed by atoms with Crippen molar-refractivity contribution < 1.29 is 19.0 Å². The molecule has 33 heavy (non-hydrogen) atoms. The van der Waals surface area contributed by atoms with Crippen molar-refractivity contribution in [3.8, 4) is 22.6 Å². The number of hydrogen-bond donors (Lipinski definition) is 0. The van der Waals surface area contributed by atoms with Gasteiger partial charge in [-0.2, -0.15) is 10.2 Å². The molecule has 0 unspecified atom stereocenters. The second kappa shape index (κ2) is 9.34. The van der Waals surface area contributed by atoms with E-state index < -0.39 is 5.97 Å². The van der Waals surface area contributed by atoms with Gasteiger partial charge in [0.2, 0.25) is 0 Å². The first-order valence-corrected chi connectivity index (χ1v) is 10.4. The van der Waals surface area contributed by atoms with Crippen LogP contribution in [0.3, 0.4) is 0 Å². The van der Waals surface area contributed by atoms with E-state index >= 15 is 0 Å². The van der Waals surface area contributed by atoms with Gasteiger partial charge in [-0.05, 0) is 53.6 Å². The molecule has 7 nitrogen and oxygen atoms in total. The third-order valence-corrected chi connectivity index (χ3v) is 5.66. The molecule has 0 aliphatic rings. The summed E-state index contributed by atoms with van der Waals surface area (Å²) in [6.07, 6.45) is 1.70.